The van der Waals surface area contributed by atoms with Crippen LogP contribution in [0.2, 0.25) is 0 Å². The third-order valence-electron chi connectivity index (χ3n) is 7.59. The summed E-state index contributed by atoms with van der Waals surface area (Å²) in [4.78, 5) is 21.4. The van der Waals surface area contributed by atoms with Gasteiger partial charge < -0.3 is 25.7 Å². The SMILES string of the molecule is COc1cccc(CN(CCN)C(=O)c2ccc3c(c2)nc(CCc2ccc(C(=N)N)cc2)n3CC2=CC=CCC2=S)c1. The second kappa shape index (κ2) is 13.6. The van der Waals surface area contributed by atoms with Crippen molar-refractivity contribution in [2.24, 2.45) is 11.5 Å². The summed E-state index contributed by atoms with van der Waals surface area (Å²) in [6, 6.07) is 21.2. The van der Waals surface area contributed by atoms with E-state index < -0.39 is 0 Å². The molecule has 3 aromatic carbocycles. The fourth-order valence-corrected chi connectivity index (χ4v) is 5.49. The molecule has 0 atom stereocenters. The third-order valence-corrected chi connectivity index (χ3v) is 8.02. The van der Waals surface area contributed by atoms with E-state index in [1.54, 1.807) is 12.0 Å². The molecule has 0 unspecified atom stereocenters. The summed E-state index contributed by atoms with van der Waals surface area (Å²) in [5, 5.41) is 7.65. The highest BCUT2D eigenvalue weighted by molar-refractivity contribution is 7.80. The Morgan fingerprint density at radius 1 is 1.07 bits per heavy atom. The number of carbonyl (C=O) groups is 1. The minimum absolute atomic E-state index is 0.0537. The van der Waals surface area contributed by atoms with Gasteiger partial charge in [0.25, 0.3) is 5.91 Å². The van der Waals surface area contributed by atoms with Crippen LogP contribution in [0, 0.1) is 5.41 Å². The summed E-state index contributed by atoms with van der Waals surface area (Å²) >= 11 is 5.67. The predicted molar refractivity (Wildman–Crippen MR) is 176 cm³/mol. The normalized spacial score (nSPS) is 12.8. The molecule has 1 amide bonds. The number of hydrogen-bond acceptors (Lipinski definition) is 6. The topological polar surface area (TPSA) is 123 Å². The van der Waals surface area contributed by atoms with Crippen molar-refractivity contribution in [2.45, 2.75) is 32.4 Å². The predicted octanol–water partition coefficient (Wildman–Crippen LogP) is 4.97. The number of nitrogens with one attached hydrogen (secondary N) is 1. The molecule has 0 aliphatic heterocycles. The average Bonchev–Trinajstić information content (AvgIpc) is 3.37. The number of amidine groups is 1. The molecule has 8 nitrogen and oxygen atoms in total. The first kappa shape index (κ1) is 29.9. The molecule has 0 spiro atoms. The quantitative estimate of drug-likeness (QED) is 0.121. The Morgan fingerprint density at radius 3 is 2.58 bits per heavy atom. The molecule has 0 fully saturated rings. The number of imidazole rings is 1. The molecule has 5 rings (SSSR count). The molecule has 1 aliphatic rings. The molecule has 0 radical (unpaired) electrons. The lowest BCUT2D eigenvalue weighted by atomic mass is 10.0. The molecular formula is C34H36N6O2S. The van der Waals surface area contributed by atoms with Crippen LogP contribution in [0.5, 0.6) is 5.75 Å². The Morgan fingerprint density at radius 2 is 1.86 bits per heavy atom. The Bertz CT molecular complexity index is 1720. The van der Waals surface area contributed by atoms with Gasteiger partial charge in [0.2, 0.25) is 0 Å². The number of hydrogen-bond donors (Lipinski definition) is 3. The number of amides is 1. The van der Waals surface area contributed by atoms with Gasteiger partial charge in [-0.15, -0.1) is 0 Å². The second-order valence-corrected chi connectivity index (χ2v) is 11.0. The van der Waals surface area contributed by atoms with Gasteiger partial charge in [0, 0.05) is 48.5 Å². The molecule has 1 aromatic heterocycles. The minimum Gasteiger partial charge on any atom is -0.497 e. The maximum absolute atomic E-state index is 13.7. The first-order valence-corrected chi connectivity index (χ1v) is 14.7. The molecule has 220 valence electrons. The van der Waals surface area contributed by atoms with Crippen LogP contribution < -0.4 is 16.2 Å². The zero-order chi connectivity index (χ0) is 30.3. The zero-order valence-electron chi connectivity index (χ0n) is 24.3. The van der Waals surface area contributed by atoms with Crippen LogP contribution in [0.4, 0.5) is 0 Å². The number of ether oxygens (including phenoxy) is 1. The van der Waals surface area contributed by atoms with Gasteiger partial charge in [0.05, 0.1) is 24.7 Å². The van der Waals surface area contributed by atoms with Gasteiger partial charge in [0.1, 0.15) is 17.4 Å². The number of fused-ring (bicyclic) bond motifs is 1. The first-order valence-electron chi connectivity index (χ1n) is 14.3. The number of nitrogen functional groups attached to an aromatic ring is 1. The van der Waals surface area contributed by atoms with Crippen molar-refractivity contribution in [3.05, 3.63) is 119 Å². The Labute approximate surface area is 257 Å². The number of allylic oxidation sites excluding steroid dienone is 4. The van der Waals surface area contributed by atoms with Gasteiger partial charge >= 0.3 is 0 Å². The molecule has 43 heavy (non-hydrogen) atoms. The monoisotopic (exact) mass is 592 g/mol. The third kappa shape index (κ3) is 7.07. The first-order chi connectivity index (χ1) is 20.9. The number of carbonyl (C=O) groups excluding carboxylic acids is 1. The van der Waals surface area contributed by atoms with Crippen molar-refractivity contribution >= 4 is 39.9 Å². The number of aryl methyl sites for hydroxylation is 2. The van der Waals surface area contributed by atoms with E-state index in [1.165, 1.54) is 0 Å². The molecule has 0 saturated heterocycles. The Balaban J connectivity index is 1.45. The molecule has 0 bridgehead atoms. The summed E-state index contributed by atoms with van der Waals surface area (Å²) in [5.74, 6) is 1.62. The minimum atomic E-state index is -0.0989. The molecule has 1 heterocycles. The lowest BCUT2D eigenvalue weighted by molar-refractivity contribution is 0.0748. The van der Waals surface area contributed by atoms with Gasteiger partial charge in [-0.05, 0) is 53.5 Å². The highest BCUT2D eigenvalue weighted by Gasteiger charge is 2.20. The second-order valence-electron chi connectivity index (χ2n) is 10.5. The summed E-state index contributed by atoms with van der Waals surface area (Å²) in [5.41, 5.74) is 17.7. The van der Waals surface area contributed by atoms with E-state index in [1.807, 2.05) is 72.8 Å². The van der Waals surface area contributed by atoms with Gasteiger partial charge in [-0.3, -0.25) is 10.2 Å². The molecule has 5 N–H and O–H groups in total. The van der Waals surface area contributed by atoms with Crippen LogP contribution in [-0.2, 0) is 25.9 Å². The molecule has 9 heteroatoms. The van der Waals surface area contributed by atoms with Crippen molar-refractivity contribution in [1.82, 2.24) is 14.5 Å². The largest absolute Gasteiger partial charge is 0.497 e. The van der Waals surface area contributed by atoms with Crippen LogP contribution in [0.25, 0.3) is 11.0 Å². The van der Waals surface area contributed by atoms with Crippen LogP contribution in [0.1, 0.15) is 39.3 Å². The Hall–Kier alpha value is -4.60. The number of aromatic nitrogens is 2. The van der Waals surface area contributed by atoms with E-state index in [-0.39, 0.29) is 11.7 Å². The standard InChI is InChI=1S/C34H36N6O2S/c1-42-28-7-4-5-24(19-28)21-39(18-17-35)34(41)26-14-15-30-29(20-26)38-32(40(30)22-27-6-2-3-8-31(27)43)16-11-23-9-12-25(13-10-23)33(36)37/h2-7,9-10,12-15,19-20H,8,11,16-18,21-22,35H2,1H3,(H3,36,37). The lowest BCUT2D eigenvalue weighted by Crippen LogP contribution is -2.34. The number of nitrogens with zero attached hydrogens (tertiary/aromatic N) is 3. The molecule has 4 aromatic rings. The van der Waals surface area contributed by atoms with E-state index in [4.69, 9.17) is 38.8 Å². The highest BCUT2D eigenvalue weighted by Crippen LogP contribution is 2.24. The molecule has 0 saturated carbocycles. The van der Waals surface area contributed by atoms with E-state index in [9.17, 15) is 4.79 Å². The summed E-state index contributed by atoms with van der Waals surface area (Å²) in [6.45, 7) is 1.82. The maximum Gasteiger partial charge on any atom is 0.254 e. The van der Waals surface area contributed by atoms with Crippen molar-refractivity contribution in [1.29, 1.82) is 5.41 Å². The van der Waals surface area contributed by atoms with Crippen LogP contribution >= 0.6 is 12.2 Å². The van der Waals surface area contributed by atoms with Crippen LogP contribution in [-0.4, -0.2) is 51.3 Å². The molecule has 1 aliphatic carbocycles. The molecular weight excluding hydrogens is 556 g/mol. The van der Waals surface area contributed by atoms with Crippen molar-refractivity contribution in [2.75, 3.05) is 20.2 Å². The number of nitrogens with two attached hydrogens (primary N) is 2. The van der Waals surface area contributed by atoms with Crippen molar-refractivity contribution < 1.29 is 9.53 Å². The highest BCUT2D eigenvalue weighted by atomic mass is 32.1. The number of rotatable bonds is 12. The number of methoxy groups -OCH3 is 1. The Kier molecular flexibility index (Phi) is 9.44. The van der Waals surface area contributed by atoms with Gasteiger partial charge in [-0.2, -0.15) is 0 Å². The maximum atomic E-state index is 13.7. The summed E-state index contributed by atoms with van der Waals surface area (Å²) in [6.07, 6.45) is 8.41. The van der Waals surface area contributed by atoms with E-state index in [0.29, 0.717) is 43.7 Å². The van der Waals surface area contributed by atoms with E-state index in [2.05, 4.69) is 16.7 Å². The van der Waals surface area contributed by atoms with Gasteiger partial charge in [0.15, 0.2) is 0 Å². The van der Waals surface area contributed by atoms with Gasteiger partial charge in [-0.25, -0.2) is 4.98 Å². The fraction of sp³-hybridized carbons (Fsp3) is 0.235. The van der Waals surface area contributed by atoms with Crippen LogP contribution in [0.3, 0.4) is 0 Å². The summed E-state index contributed by atoms with van der Waals surface area (Å²) < 4.78 is 7.57. The van der Waals surface area contributed by atoms with E-state index >= 15 is 0 Å². The number of benzene rings is 3. The summed E-state index contributed by atoms with van der Waals surface area (Å²) in [7, 11) is 1.63. The number of thiocarbonyl (C=S) groups is 1. The lowest BCUT2D eigenvalue weighted by Gasteiger charge is -2.22. The van der Waals surface area contributed by atoms with Crippen molar-refractivity contribution in [3.8, 4) is 5.75 Å². The average molecular weight is 593 g/mol. The van der Waals surface area contributed by atoms with E-state index in [0.717, 1.165) is 57.0 Å². The smallest absolute Gasteiger partial charge is 0.254 e. The van der Waals surface area contributed by atoms with Crippen molar-refractivity contribution in [3.63, 3.8) is 0 Å². The zero-order valence-corrected chi connectivity index (χ0v) is 25.1. The van der Waals surface area contributed by atoms with Crippen LogP contribution in [0.15, 0.2) is 90.5 Å². The van der Waals surface area contributed by atoms with Gasteiger partial charge in [-0.1, -0.05) is 66.8 Å². The fourth-order valence-electron chi connectivity index (χ4n) is 5.26.